The Bertz CT molecular complexity index is 562. The van der Waals surface area contributed by atoms with Crippen LogP contribution in [0.1, 0.15) is 12.8 Å². The number of ether oxygens (including phenoxy) is 1. The molecule has 108 valence electrons. The minimum Gasteiger partial charge on any atom is -0.381 e. The monoisotopic (exact) mass is 362 g/mol. The Morgan fingerprint density at radius 2 is 2.00 bits per heavy atom. The van der Waals surface area contributed by atoms with Gasteiger partial charge in [0.15, 0.2) is 5.17 Å². The largest absolute Gasteiger partial charge is 0.381 e. The quantitative estimate of drug-likeness (QED) is 0.771. The summed E-state index contributed by atoms with van der Waals surface area (Å²) in [6, 6.07) is 2.25. The molecule has 0 saturated carbocycles. The highest BCUT2D eigenvalue weighted by atomic mass is 79.9. The van der Waals surface area contributed by atoms with Crippen molar-refractivity contribution in [1.29, 1.82) is 0 Å². The molecule has 1 spiro atoms. The topological polar surface area (TPSA) is 33.6 Å². The first-order valence-electron chi connectivity index (χ1n) is 6.30. The fraction of sp³-hybridized carbons (Fsp3) is 0.462. The van der Waals surface area contributed by atoms with Crippen molar-refractivity contribution in [2.24, 2.45) is 4.99 Å². The fourth-order valence-electron chi connectivity index (χ4n) is 2.29. The molecule has 0 aromatic heterocycles. The molecule has 1 saturated heterocycles. The van der Waals surface area contributed by atoms with Crippen molar-refractivity contribution >= 4 is 38.5 Å². The smallest absolute Gasteiger partial charge is 0.161 e. The SMILES string of the molecule is Fc1cc(F)c(NC2=NC3(CCOCC3)CS2)cc1Br. The first kappa shape index (κ1) is 14.3. The summed E-state index contributed by atoms with van der Waals surface area (Å²) in [5.41, 5.74) is 0.146. The third-order valence-electron chi connectivity index (χ3n) is 3.49. The summed E-state index contributed by atoms with van der Waals surface area (Å²) in [5, 5.41) is 3.63. The third-order valence-corrected chi connectivity index (χ3v) is 5.25. The van der Waals surface area contributed by atoms with Gasteiger partial charge in [-0.15, -0.1) is 0 Å². The Kier molecular flexibility index (Phi) is 4.01. The highest BCUT2D eigenvalue weighted by Crippen LogP contribution is 2.36. The number of thioether (sulfide) groups is 1. The summed E-state index contributed by atoms with van der Waals surface area (Å²) < 4.78 is 32.5. The highest BCUT2D eigenvalue weighted by molar-refractivity contribution is 9.10. The summed E-state index contributed by atoms with van der Waals surface area (Å²) in [6.45, 7) is 1.43. The predicted molar refractivity (Wildman–Crippen MR) is 80.4 cm³/mol. The standard InChI is InChI=1S/C13H13BrF2N2OS/c14-8-5-11(10(16)6-9(8)15)17-12-18-13(7-20-12)1-3-19-4-2-13/h5-6H,1-4,7H2,(H,17,18). The average molecular weight is 363 g/mol. The lowest BCUT2D eigenvalue weighted by atomic mass is 9.93. The number of anilines is 1. The molecule has 0 unspecified atom stereocenters. The van der Waals surface area contributed by atoms with Crippen molar-refractivity contribution < 1.29 is 13.5 Å². The average Bonchev–Trinajstić information content (AvgIpc) is 2.79. The van der Waals surface area contributed by atoms with E-state index in [1.807, 2.05) is 0 Å². The summed E-state index contributed by atoms with van der Waals surface area (Å²) in [5.74, 6) is -0.361. The van der Waals surface area contributed by atoms with Gasteiger partial charge in [0.1, 0.15) is 11.6 Å². The first-order chi connectivity index (χ1) is 9.58. The van der Waals surface area contributed by atoms with E-state index < -0.39 is 11.6 Å². The number of benzene rings is 1. The van der Waals surface area contributed by atoms with Crippen LogP contribution in [-0.4, -0.2) is 29.7 Å². The molecule has 2 heterocycles. The Morgan fingerprint density at radius 1 is 1.25 bits per heavy atom. The van der Waals surface area contributed by atoms with Crippen molar-refractivity contribution in [2.75, 3.05) is 24.3 Å². The van der Waals surface area contributed by atoms with Crippen LogP contribution < -0.4 is 5.32 Å². The molecule has 1 N–H and O–H groups in total. The van der Waals surface area contributed by atoms with E-state index in [1.54, 1.807) is 11.8 Å². The van der Waals surface area contributed by atoms with Crippen LogP contribution in [0.15, 0.2) is 21.6 Å². The van der Waals surface area contributed by atoms with Crippen LogP contribution in [0.3, 0.4) is 0 Å². The number of nitrogens with zero attached hydrogens (tertiary/aromatic N) is 1. The Balaban J connectivity index is 1.78. The normalized spacial score (nSPS) is 21.1. The first-order valence-corrected chi connectivity index (χ1v) is 8.08. The van der Waals surface area contributed by atoms with E-state index in [4.69, 9.17) is 4.74 Å². The van der Waals surface area contributed by atoms with Gasteiger partial charge in [-0.25, -0.2) is 8.78 Å². The van der Waals surface area contributed by atoms with Gasteiger partial charge in [-0.1, -0.05) is 11.8 Å². The number of rotatable bonds is 1. The molecule has 0 aliphatic carbocycles. The molecule has 1 aromatic carbocycles. The minimum atomic E-state index is -0.623. The number of hydrogen-bond donors (Lipinski definition) is 1. The molecular weight excluding hydrogens is 350 g/mol. The molecule has 0 radical (unpaired) electrons. The molecule has 1 aromatic rings. The van der Waals surface area contributed by atoms with Crippen LogP contribution in [0.5, 0.6) is 0 Å². The van der Waals surface area contributed by atoms with Crippen LogP contribution >= 0.6 is 27.7 Å². The van der Waals surface area contributed by atoms with Crippen LogP contribution in [0.2, 0.25) is 0 Å². The number of hydrogen-bond acceptors (Lipinski definition) is 4. The maximum Gasteiger partial charge on any atom is 0.161 e. The Hall–Kier alpha value is -0.660. The van der Waals surface area contributed by atoms with E-state index in [1.165, 1.54) is 6.07 Å². The molecule has 3 nitrogen and oxygen atoms in total. The zero-order chi connectivity index (χ0) is 14.2. The third kappa shape index (κ3) is 2.84. The Labute approximate surface area is 128 Å². The van der Waals surface area contributed by atoms with Crippen LogP contribution in [0.25, 0.3) is 0 Å². The van der Waals surface area contributed by atoms with Crippen molar-refractivity contribution in [3.63, 3.8) is 0 Å². The van der Waals surface area contributed by atoms with Crippen LogP contribution in [-0.2, 0) is 4.74 Å². The second-order valence-corrected chi connectivity index (χ2v) is 6.73. The van der Waals surface area contributed by atoms with E-state index in [9.17, 15) is 8.78 Å². The number of aliphatic imine (C=N–C) groups is 1. The molecule has 2 aliphatic rings. The van der Waals surface area contributed by atoms with Crippen molar-refractivity contribution in [3.05, 3.63) is 28.2 Å². The maximum atomic E-state index is 13.7. The van der Waals surface area contributed by atoms with Gasteiger partial charge in [0.05, 0.1) is 15.7 Å². The molecule has 3 rings (SSSR count). The van der Waals surface area contributed by atoms with E-state index in [0.29, 0.717) is 18.4 Å². The predicted octanol–water partition coefficient (Wildman–Crippen LogP) is 3.79. The number of nitrogens with one attached hydrogen (secondary N) is 1. The minimum absolute atomic E-state index is 0.0843. The maximum absolute atomic E-state index is 13.7. The summed E-state index contributed by atoms with van der Waals surface area (Å²) in [4.78, 5) is 4.68. The Morgan fingerprint density at radius 3 is 2.75 bits per heavy atom. The zero-order valence-corrected chi connectivity index (χ0v) is 13.0. The lowest BCUT2D eigenvalue weighted by Gasteiger charge is -2.29. The molecular formula is C13H13BrF2N2OS. The lowest BCUT2D eigenvalue weighted by molar-refractivity contribution is 0.0624. The molecule has 0 atom stereocenters. The number of halogens is 3. The molecule has 1 fully saturated rings. The van der Waals surface area contributed by atoms with Gasteiger partial charge in [0, 0.05) is 25.0 Å². The van der Waals surface area contributed by atoms with Crippen molar-refractivity contribution in [2.45, 2.75) is 18.4 Å². The van der Waals surface area contributed by atoms with Gasteiger partial charge in [0.2, 0.25) is 0 Å². The van der Waals surface area contributed by atoms with Gasteiger partial charge in [-0.05, 0) is 34.8 Å². The van der Waals surface area contributed by atoms with Gasteiger partial charge >= 0.3 is 0 Å². The molecule has 2 aliphatic heterocycles. The van der Waals surface area contributed by atoms with Crippen molar-refractivity contribution in [1.82, 2.24) is 0 Å². The van der Waals surface area contributed by atoms with E-state index >= 15 is 0 Å². The van der Waals surface area contributed by atoms with Crippen LogP contribution in [0.4, 0.5) is 14.5 Å². The van der Waals surface area contributed by atoms with Gasteiger partial charge in [0.25, 0.3) is 0 Å². The summed E-state index contributed by atoms with van der Waals surface area (Å²) >= 11 is 4.62. The van der Waals surface area contributed by atoms with Gasteiger partial charge in [-0.2, -0.15) is 0 Å². The second kappa shape index (κ2) is 5.61. The fourth-order valence-corrected chi connectivity index (χ4v) is 3.83. The lowest BCUT2D eigenvalue weighted by Crippen LogP contribution is -2.34. The molecule has 0 amide bonds. The van der Waals surface area contributed by atoms with E-state index in [-0.39, 0.29) is 15.7 Å². The van der Waals surface area contributed by atoms with E-state index in [0.717, 1.165) is 24.7 Å². The van der Waals surface area contributed by atoms with Gasteiger partial charge < -0.3 is 10.1 Å². The van der Waals surface area contributed by atoms with E-state index in [2.05, 4.69) is 26.2 Å². The molecule has 0 bridgehead atoms. The summed E-state index contributed by atoms with van der Waals surface area (Å²) in [6.07, 6.45) is 1.78. The summed E-state index contributed by atoms with van der Waals surface area (Å²) in [7, 11) is 0. The zero-order valence-electron chi connectivity index (χ0n) is 10.6. The van der Waals surface area contributed by atoms with Crippen LogP contribution in [0, 0.1) is 11.6 Å². The van der Waals surface area contributed by atoms with Gasteiger partial charge in [-0.3, -0.25) is 4.99 Å². The highest BCUT2D eigenvalue weighted by Gasteiger charge is 2.37. The second-order valence-electron chi connectivity index (χ2n) is 4.91. The van der Waals surface area contributed by atoms with Crippen molar-refractivity contribution in [3.8, 4) is 0 Å². The molecule has 7 heteroatoms. The number of amidine groups is 1. The molecule has 20 heavy (non-hydrogen) atoms.